The molecule has 176 valence electrons. The maximum absolute atomic E-state index is 12.6. The van der Waals surface area contributed by atoms with E-state index in [2.05, 4.69) is 15.6 Å². The molecular weight excluding hydrogens is 424 g/mol. The summed E-state index contributed by atoms with van der Waals surface area (Å²) in [5, 5.41) is 10.9. The van der Waals surface area contributed by atoms with Crippen LogP contribution in [0.5, 0.6) is 0 Å². The Bertz CT molecular complexity index is 1250. The number of piperidine rings is 1. The molecule has 3 aromatic rings. The van der Waals surface area contributed by atoms with Gasteiger partial charge >= 0.3 is 12.1 Å². The maximum Gasteiger partial charge on any atom is 0.410 e. The lowest BCUT2D eigenvalue weighted by Gasteiger charge is -2.33. The van der Waals surface area contributed by atoms with Crippen molar-refractivity contribution in [1.29, 1.82) is 0 Å². The van der Waals surface area contributed by atoms with Gasteiger partial charge in [-0.1, -0.05) is 6.07 Å². The Morgan fingerprint density at radius 3 is 2.64 bits per heavy atom. The summed E-state index contributed by atoms with van der Waals surface area (Å²) in [4.78, 5) is 41.7. The van der Waals surface area contributed by atoms with Crippen molar-refractivity contribution in [3.63, 3.8) is 0 Å². The number of rotatable bonds is 3. The number of nitrogens with zero attached hydrogens (tertiary/aromatic N) is 3. The molecule has 1 aliphatic rings. The third-order valence-electron chi connectivity index (χ3n) is 5.61. The van der Waals surface area contributed by atoms with Crippen molar-refractivity contribution in [2.75, 3.05) is 25.0 Å². The van der Waals surface area contributed by atoms with Gasteiger partial charge in [-0.25, -0.2) is 14.1 Å². The van der Waals surface area contributed by atoms with E-state index in [9.17, 15) is 14.4 Å². The normalized spacial score (nSPS) is 15.1. The summed E-state index contributed by atoms with van der Waals surface area (Å²) in [6.45, 7) is 8.97. The van der Waals surface area contributed by atoms with Gasteiger partial charge < -0.3 is 25.3 Å². The van der Waals surface area contributed by atoms with Crippen molar-refractivity contribution in [1.82, 2.24) is 24.8 Å². The highest BCUT2D eigenvalue weighted by Crippen LogP contribution is 2.32. The van der Waals surface area contributed by atoms with Crippen molar-refractivity contribution in [3.05, 3.63) is 40.3 Å². The summed E-state index contributed by atoms with van der Waals surface area (Å²) in [7, 11) is 0. The molecule has 1 saturated heterocycles. The zero-order valence-corrected chi connectivity index (χ0v) is 19.4. The SMILES string of the molecule is CCNC(=O)Nc1cccc2nn3c(C4CCN(C(=O)OC(C)(C)C)CC4)cc(=O)[nH]c3c12. The summed E-state index contributed by atoms with van der Waals surface area (Å²) in [6, 6.07) is 6.69. The van der Waals surface area contributed by atoms with Crippen molar-refractivity contribution < 1.29 is 14.3 Å². The van der Waals surface area contributed by atoms with Crippen LogP contribution in [0.1, 0.15) is 52.1 Å². The van der Waals surface area contributed by atoms with Crippen LogP contribution in [-0.2, 0) is 4.74 Å². The fraction of sp³-hybridized carbons (Fsp3) is 0.478. The number of benzene rings is 1. The maximum atomic E-state index is 12.6. The van der Waals surface area contributed by atoms with Crippen LogP contribution in [-0.4, -0.2) is 56.9 Å². The molecule has 0 bridgehead atoms. The van der Waals surface area contributed by atoms with Crippen LogP contribution in [0.25, 0.3) is 16.6 Å². The molecule has 0 aliphatic carbocycles. The number of hydrogen-bond donors (Lipinski definition) is 3. The zero-order chi connectivity index (χ0) is 23.8. The number of H-pyrrole nitrogens is 1. The lowest BCUT2D eigenvalue weighted by Crippen LogP contribution is -2.41. The first kappa shape index (κ1) is 22.6. The molecule has 10 heteroatoms. The number of fused-ring (bicyclic) bond motifs is 3. The van der Waals surface area contributed by atoms with E-state index in [1.165, 1.54) is 0 Å². The number of hydrogen-bond acceptors (Lipinski definition) is 5. The molecule has 1 fully saturated rings. The summed E-state index contributed by atoms with van der Waals surface area (Å²) < 4.78 is 7.24. The molecule has 2 aromatic heterocycles. The Morgan fingerprint density at radius 1 is 1.24 bits per heavy atom. The molecule has 0 radical (unpaired) electrons. The lowest BCUT2D eigenvalue weighted by molar-refractivity contribution is 0.0203. The van der Waals surface area contributed by atoms with Gasteiger partial charge in [0, 0.05) is 31.6 Å². The second-order valence-electron chi connectivity index (χ2n) is 9.24. The molecule has 10 nitrogen and oxygen atoms in total. The van der Waals surface area contributed by atoms with Gasteiger partial charge in [-0.15, -0.1) is 0 Å². The number of ether oxygens (including phenoxy) is 1. The van der Waals surface area contributed by atoms with Gasteiger partial charge in [-0.3, -0.25) is 4.79 Å². The fourth-order valence-electron chi connectivity index (χ4n) is 4.19. The van der Waals surface area contributed by atoms with E-state index in [0.717, 1.165) is 5.69 Å². The van der Waals surface area contributed by atoms with E-state index >= 15 is 0 Å². The molecule has 0 spiro atoms. The molecule has 3 N–H and O–H groups in total. The van der Waals surface area contributed by atoms with Gasteiger partial charge in [0.25, 0.3) is 5.56 Å². The first-order valence-corrected chi connectivity index (χ1v) is 11.2. The van der Waals surface area contributed by atoms with Gasteiger partial charge in [0.1, 0.15) is 11.2 Å². The van der Waals surface area contributed by atoms with E-state index < -0.39 is 5.60 Å². The molecule has 1 aromatic carbocycles. The monoisotopic (exact) mass is 454 g/mol. The van der Waals surface area contributed by atoms with Crippen LogP contribution in [0.3, 0.4) is 0 Å². The Kier molecular flexibility index (Phi) is 6.01. The quantitative estimate of drug-likeness (QED) is 0.560. The standard InChI is InChI=1S/C23H30N6O4/c1-5-24-21(31)25-15-7-6-8-16-19(15)20-26-18(30)13-17(29(20)27-16)14-9-11-28(12-10-14)22(32)33-23(2,3)4/h6-8,13-14H,5,9-12H2,1-4H3,(H,26,30)(H2,24,25,31). The summed E-state index contributed by atoms with van der Waals surface area (Å²) >= 11 is 0. The fourth-order valence-corrected chi connectivity index (χ4v) is 4.19. The Hall–Kier alpha value is -3.56. The molecule has 0 atom stereocenters. The van der Waals surface area contributed by atoms with Gasteiger partial charge in [-0.05, 0) is 52.7 Å². The second kappa shape index (κ2) is 8.76. The number of aromatic nitrogens is 3. The van der Waals surface area contributed by atoms with Crippen LogP contribution in [0.4, 0.5) is 15.3 Å². The van der Waals surface area contributed by atoms with Crippen molar-refractivity contribution in [2.45, 2.75) is 52.1 Å². The van der Waals surface area contributed by atoms with Gasteiger partial charge in [-0.2, -0.15) is 5.10 Å². The number of urea groups is 1. The molecular formula is C23H30N6O4. The topological polar surface area (TPSA) is 121 Å². The number of likely N-dealkylation sites (tertiary alicyclic amines) is 1. The summed E-state index contributed by atoms with van der Waals surface area (Å²) in [6.07, 6.45) is 1.07. The van der Waals surface area contributed by atoms with Crippen LogP contribution >= 0.6 is 0 Å². The van der Waals surface area contributed by atoms with Crippen LogP contribution in [0.2, 0.25) is 0 Å². The second-order valence-corrected chi connectivity index (χ2v) is 9.24. The van der Waals surface area contributed by atoms with Gasteiger partial charge in [0.2, 0.25) is 0 Å². The minimum absolute atomic E-state index is 0.0580. The number of carbonyl (C=O) groups excluding carboxylic acids is 2. The van der Waals surface area contributed by atoms with Gasteiger partial charge in [0.15, 0.2) is 0 Å². The Balaban J connectivity index is 1.65. The first-order valence-electron chi connectivity index (χ1n) is 11.2. The van der Waals surface area contributed by atoms with Crippen molar-refractivity contribution in [2.24, 2.45) is 0 Å². The minimum atomic E-state index is -0.540. The average molecular weight is 455 g/mol. The van der Waals surface area contributed by atoms with Crippen molar-refractivity contribution >= 4 is 34.4 Å². The molecule has 0 unspecified atom stereocenters. The first-order chi connectivity index (χ1) is 15.7. The molecule has 3 amide bonds. The van der Waals surface area contributed by atoms with Crippen LogP contribution < -0.4 is 16.2 Å². The number of carbonyl (C=O) groups is 2. The molecule has 33 heavy (non-hydrogen) atoms. The minimum Gasteiger partial charge on any atom is -0.444 e. The third kappa shape index (κ3) is 4.79. The highest BCUT2D eigenvalue weighted by Gasteiger charge is 2.29. The number of nitrogens with one attached hydrogen (secondary N) is 3. The highest BCUT2D eigenvalue weighted by atomic mass is 16.6. The molecule has 0 saturated carbocycles. The van der Waals surface area contributed by atoms with Crippen LogP contribution in [0.15, 0.2) is 29.1 Å². The summed E-state index contributed by atoms with van der Waals surface area (Å²) in [5.41, 5.74) is 1.79. The third-order valence-corrected chi connectivity index (χ3v) is 5.61. The Morgan fingerprint density at radius 2 is 1.97 bits per heavy atom. The van der Waals surface area contributed by atoms with E-state index in [1.54, 1.807) is 21.5 Å². The predicted molar refractivity (Wildman–Crippen MR) is 126 cm³/mol. The van der Waals surface area contributed by atoms with Crippen LogP contribution in [0, 0.1) is 0 Å². The lowest BCUT2D eigenvalue weighted by atomic mass is 9.93. The zero-order valence-electron chi connectivity index (χ0n) is 19.4. The Labute approximate surface area is 191 Å². The predicted octanol–water partition coefficient (Wildman–Crippen LogP) is 3.43. The van der Waals surface area contributed by atoms with E-state index in [1.807, 2.05) is 39.8 Å². The largest absolute Gasteiger partial charge is 0.444 e. The summed E-state index contributed by atoms with van der Waals surface area (Å²) in [5.74, 6) is 0.0580. The number of aromatic amines is 1. The average Bonchev–Trinajstić information content (AvgIpc) is 3.11. The number of amides is 3. The van der Waals surface area contributed by atoms with E-state index in [4.69, 9.17) is 9.84 Å². The molecule has 3 heterocycles. The highest BCUT2D eigenvalue weighted by molar-refractivity contribution is 6.07. The molecule has 1 aliphatic heterocycles. The smallest absolute Gasteiger partial charge is 0.410 e. The van der Waals surface area contributed by atoms with Crippen molar-refractivity contribution in [3.8, 4) is 0 Å². The van der Waals surface area contributed by atoms with E-state index in [0.29, 0.717) is 54.7 Å². The van der Waals surface area contributed by atoms with E-state index in [-0.39, 0.29) is 23.6 Å². The molecule has 4 rings (SSSR count). The van der Waals surface area contributed by atoms with Gasteiger partial charge in [0.05, 0.1) is 22.3 Å². The number of anilines is 1.